The largest absolute Gasteiger partial charge is 0.493 e. The number of amides is 2. The molecule has 0 bridgehead atoms. The fourth-order valence-electron chi connectivity index (χ4n) is 3.86. The molecule has 2 aromatic rings. The maximum atomic E-state index is 14.5. The highest BCUT2D eigenvalue weighted by atomic mass is 19.1. The van der Waals surface area contributed by atoms with E-state index in [4.69, 9.17) is 15.2 Å². The highest BCUT2D eigenvalue weighted by Gasteiger charge is 2.33. The van der Waals surface area contributed by atoms with E-state index in [9.17, 15) is 19.1 Å². The molecule has 1 unspecified atom stereocenters. The Morgan fingerprint density at radius 2 is 1.71 bits per heavy atom. The molecule has 0 saturated heterocycles. The number of halogens is 1. The van der Waals surface area contributed by atoms with Crippen LogP contribution in [-0.4, -0.2) is 49.5 Å². The summed E-state index contributed by atoms with van der Waals surface area (Å²) in [6.07, 6.45) is 1.03. The molecule has 2 amide bonds. The van der Waals surface area contributed by atoms with Gasteiger partial charge in [0.15, 0.2) is 17.2 Å². The molecule has 0 saturated carbocycles. The minimum atomic E-state index is -2.22. The van der Waals surface area contributed by atoms with Gasteiger partial charge in [-0.3, -0.25) is 9.59 Å². The molecule has 4 N–H and O–H groups in total. The van der Waals surface area contributed by atoms with E-state index in [0.717, 1.165) is 18.1 Å². The Morgan fingerprint density at radius 3 is 2.34 bits per heavy atom. The van der Waals surface area contributed by atoms with Gasteiger partial charge in [0, 0.05) is 12.5 Å². The molecule has 0 aliphatic rings. The number of aryl methyl sites for hydroxylation is 1. The summed E-state index contributed by atoms with van der Waals surface area (Å²) < 4.78 is 25.0. The van der Waals surface area contributed by atoms with Gasteiger partial charge in [-0.25, -0.2) is 4.39 Å². The number of ether oxygens (including phenoxy) is 2. The quantitative estimate of drug-likeness (QED) is 0.356. The summed E-state index contributed by atoms with van der Waals surface area (Å²) in [4.78, 5) is 24.3. The Bertz CT molecular complexity index is 952. The number of methoxy groups -OCH3 is 2. The first kappa shape index (κ1) is 28.1. The molecule has 0 heterocycles. The van der Waals surface area contributed by atoms with Crippen molar-refractivity contribution in [3.8, 4) is 11.5 Å². The predicted molar refractivity (Wildman–Crippen MR) is 133 cm³/mol. The summed E-state index contributed by atoms with van der Waals surface area (Å²) in [5, 5.41) is 13.5. The van der Waals surface area contributed by atoms with E-state index in [1.54, 1.807) is 20.3 Å². The summed E-state index contributed by atoms with van der Waals surface area (Å²) in [5.41, 5.74) is 4.98. The van der Waals surface area contributed by atoms with Crippen LogP contribution in [0.4, 0.5) is 4.39 Å². The van der Waals surface area contributed by atoms with Gasteiger partial charge in [0.1, 0.15) is 0 Å². The van der Waals surface area contributed by atoms with E-state index >= 15 is 0 Å². The van der Waals surface area contributed by atoms with Gasteiger partial charge in [0.05, 0.1) is 20.3 Å². The number of primary amides is 1. The molecule has 0 aliphatic heterocycles. The van der Waals surface area contributed by atoms with E-state index in [-0.39, 0.29) is 25.2 Å². The van der Waals surface area contributed by atoms with Crippen molar-refractivity contribution in [1.82, 2.24) is 5.32 Å². The predicted octanol–water partition coefficient (Wildman–Crippen LogP) is 3.36. The molecule has 0 aliphatic carbocycles. The van der Waals surface area contributed by atoms with Crippen molar-refractivity contribution < 1.29 is 28.6 Å². The summed E-state index contributed by atoms with van der Waals surface area (Å²) >= 11 is 0. The second-order valence-electron chi connectivity index (χ2n) is 8.94. The molecule has 8 heteroatoms. The molecular formula is C27H37FN2O5. The SMILES string of the molecule is COc1ccc(CCNC(=O)[C@H](CCC(C)(F)C(N)=O)C[C@@H](O)CCc2ccccc2)cc1OC. The maximum Gasteiger partial charge on any atom is 0.254 e. The number of nitrogens with one attached hydrogen (secondary N) is 1. The summed E-state index contributed by atoms with van der Waals surface area (Å²) in [6, 6.07) is 15.3. The van der Waals surface area contributed by atoms with E-state index in [2.05, 4.69) is 5.32 Å². The Hall–Kier alpha value is -3.13. The number of hydrogen-bond donors (Lipinski definition) is 3. The van der Waals surface area contributed by atoms with Crippen molar-refractivity contribution in [2.24, 2.45) is 11.7 Å². The molecule has 3 atom stereocenters. The Morgan fingerprint density at radius 1 is 1.03 bits per heavy atom. The van der Waals surface area contributed by atoms with Gasteiger partial charge in [-0.05, 0) is 68.7 Å². The molecule has 2 rings (SSSR count). The number of benzene rings is 2. The lowest BCUT2D eigenvalue weighted by Gasteiger charge is -2.23. The summed E-state index contributed by atoms with van der Waals surface area (Å²) in [6.45, 7) is 1.47. The van der Waals surface area contributed by atoms with E-state index in [1.807, 2.05) is 42.5 Å². The smallest absolute Gasteiger partial charge is 0.254 e. The third-order valence-corrected chi connectivity index (χ3v) is 6.17. The monoisotopic (exact) mass is 488 g/mol. The van der Waals surface area contributed by atoms with E-state index < -0.39 is 23.6 Å². The number of nitrogens with two attached hydrogens (primary N) is 1. The van der Waals surface area contributed by atoms with Crippen LogP contribution in [0.1, 0.15) is 43.7 Å². The van der Waals surface area contributed by atoms with Gasteiger partial charge >= 0.3 is 0 Å². The van der Waals surface area contributed by atoms with Crippen LogP contribution in [0.3, 0.4) is 0 Å². The van der Waals surface area contributed by atoms with Gasteiger partial charge in [-0.2, -0.15) is 0 Å². The van der Waals surface area contributed by atoms with Crippen molar-refractivity contribution in [2.45, 2.75) is 57.2 Å². The second-order valence-corrected chi connectivity index (χ2v) is 8.94. The maximum absolute atomic E-state index is 14.5. The van der Waals surface area contributed by atoms with E-state index in [0.29, 0.717) is 37.3 Å². The molecule has 0 spiro atoms. The van der Waals surface area contributed by atoms with Crippen LogP contribution in [0.25, 0.3) is 0 Å². The van der Waals surface area contributed by atoms with Crippen molar-refractivity contribution in [3.63, 3.8) is 0 Å². The van der Waals surface area contributed by atoms with Crippen LogP contribution in [-0.2, 0) is 22.4 Å². The van der Waals surface area contributed by atoms with Crippen molar-refractivity contribution in [1.29, 1.82) is 0 Å². The first-order chi connectivity index (χ1) is 16.7. The van der Waals surface area contributed by atoms with Crippen LogP contribution >= 0.6 is 0 Å². The summed E-state index contributed by atoms with van der Waals surface area (Å²) in [5.74, 6) is -0.780. The lowest BCUT2D eigenvalue weighted by molar-refractivity contribution is -0.131. The van der Waals surface area contributed by atoms with Crippen LogP contribution < -0.4 is 20.5 Å². The zero-order valence-electron chi connectivity index (χ0n) is 20.8. The fourth-order valence-corrected chi connectivity index (χ4v) is 3.86. The average Bonchev–Trinajstić information content (AvgIpc) is 2.85. The molecule has 2 aromatic carbocycles. The molecule has 0 radical (unpaired) electrons. The van der Waals surface area contributed by atoms with Gasteiger partial charge in [0.25, 0.3) is 5.91 Å². The molecular weight excluding hydrogens is 451 g/mol. The normalized spacial score (nSPS) is 14.4. The first-order valence-corrected chi connectivity index (χ1v) is 11.9. The number of alkyl halides is 1. The molecule has 0 aromatic heterocycles. The second kappa shape index (κ2) is 13.7. The Kier molecular flexibility index (Phi) is 11.0. The summed E-state index contributed by atoms with van der Waals surface area (Å²) in [7, 11) is 3.12. The van der Waals surface area contributed by atoms with Crippen molar-refractivity contribution in [3.05, 3.63) is 59.7 Å². The van der Waals surface area contributed by atoms with E-state index in [1.165, 1.54) is 0 Å². The zero-order chi connectivity index (χ0) is 25.8. The first-order valence-electron chi connectivity index (χ1n) is 11.9. The average molecular weight is 489 g/mol. The fraction of sp³-hybridized carbons (Fsp3) is 0.481. The number of carbonyl (C=O) groups is 2. The number of aliphatic hydroxyl groups excluding tert-OH is 1. The molecule has 35 heavy (non-hydrogen) atoms. The lowest BCUT2D eigenvalue weighted by atomic mass is 9.88. The Balaban J connectivity index is 1.97. The third kappa shape index (κ3) is 9.20. The van der Waals surface area contributed by atoms with Crippen LogP contribution in [0.15, 0.2) is 48.5 Å². The number of rotatable bonds is 15. The van der Waals surface area contributed by atoms with Gasteiger partial charge in [0.2, 0.25) is 5.91 Å². The number of hydrogen-bond acceptors (Lipinski definition) is 5. The van der Waals surface area contributed by atoms with Crippen LogP contribution in [0, 0.1) is 5.92 Å². The number of aliphatic hydroxyl groups is 1. The van der Waals surface area contributed by atoms with Gasteiger partial charge in [-0.1, -0.05) is 36.4 Å². The van der Waals surface area contributed by atoms with Gasteiger partial charge < -0.3 is 25.6 Å². The Labute approximate surface area is 206 Å². The third-order valence-electron chi connectivity index (χ3n) is 6.17. The highest BCUT2D eigenvalue weighted by Crippen LogP contribution is 2.28. The number of carbonyl (C=O) groups excluding carboxylic acids is 2. The molecule has 0 fully saturated rings. The van der Waals surface area contributed by atoms with Crippen molar-refractivity contribution >= 4 is 11.8 Å². The highest BCUT2D eigenvalue weighted by molar-refractivity contribution is 5.83. The minimum absolute atomic E-state index is 0.0977. The van der Waals surface area contributed by atoms with Crippen LogP contribution in [0.2, 0.25) is 0 Å². The topological polar surface area (TPSA) is 111 Å². The molecule has 192 valence electrons. The van der Waals surface area contributed by atoms with Crippen molar-refractivity contribution in [2.75, 3.05) is 20.8 Å². The lowest BCUT2D eigenvalue weighted by Crippen LogP contribution is -2.39. The van der Waals surface area contributed by atoms with Gasteiger partial charge in [-0.15, -0.1) is 0 Å². The molecule has 7 nitrogen and oxygen atoms in total. The standard InChI is InChI=1S/C27H37FN2O5/c1-27(28,26(29)33)15-13-21(18-22(31)11-9-19-7-5-4-6-8-19)25(32)30-16-14-20-10-12-23(34-2)24(17-20)35-3/h4-8,10,12,17,21-22,31H,9,11,13-16,18H2,1-3H3,(H2,29,33)(H,30,32)/t21-,22+,27?/m1/s1. The van der Waals surface area contributed by atoms with Crippen LogP contribution in [0.5, 0.6) is 11.5 Å². The zero-order valence-corrected chi connectivity index (χ0v) is 20.8. The minimum Gasteiger partial charge on any atom is -0.493 e.